The zero-order chi connectivity index (χ0) is 21.8. The number of para-hydroxylation sites is 1. The van der Waals surface area contributed by atoms with Gasteiger partial charge in [0.05, 0.1) is 17.1 Å². The number of hydrogen-bond acceptors (Lipinski definition) is 6. The molecule has 156 valence electrons. The van der Waals surface area contributed by atoms with Crippen LogP contribution in [-0.4, -0.2) is 33.8 Å². The maximum absolute atomic E-state index is 12.9. The minimum atomic E-state index is -0.894. The van der Waals surface area contributed by atoms with Crippen LogP contribution in [0.3, 0.4) is 0 Å². The van der Waals surface area contributed by atoms with E-state index < -0.39 is 24.0 Å². The summed E-state index contributed by atoms with van der Waals surface area (Å²) in [5.74, 6) is -1.37. The maximum Gasteiger partial charge on any atom is 0.359 e. The molecule has 1 saturated carbocycles. The molecule has 1 amide bonds. The van der Waals surface area contributed by atoms with Crippen molar-refractivity contribution in [3.8, 4) is 11.8 Å². The molecule has 1 heterocycles. The molecule has 0 saturated heterocycles. The molecule has 0 atom stereocenters. The molecule has 1 aromatic heterocycles. The van der Waals surface area contributed by atoms with Gasteiger partial charge in [0.2, 0.25) is 0 Å². The second kappa shape index (κ2) is 8.40. The Balaban J connectivity index is 1.61. The number of esters is 1. The first-order chi connectivity index (χ1) is 15.0. The summed E-state index contributed by atoms with van der Waals surface area (Å²) in [6.45, 7) is -0.539. The number of benzene rings is 2. The first-order valence-electron chi connectivity index (χ1n) is 10.00. The molecule has 0 spiro atoms. The number of hydrogen-bond donors (Lipinski definition) is 1. The third-order valence-electron chi connectivity index (χ3n) is 5.38. The number of amides is 1. The van der Waals surface area contributed by atoms with E-state index in [0.29, 0.717) is 29.3 Å². The highest BCUT2D eigenvalue weighted by atomic mass is 16.5. The molecule has 31 heavy (non-hydrogen) atoms. The van der Waals surface area contributed by atoms with Crippen LogP contribution < -0.4 is 10.9 Å². The third-order valence-corrected chi connectivity index (χ3v) is 5.38. The van der Waals surface area contributed by atoms with Gasteiger partial charge in [0.25, 0.3) is 11.5 Å². The van der Waals surface area contributed by atoms with Crippen LogP contribution in [-0.2, 0) is 9.53 Å². The first-order valence-corrected chi connectivity index (χ1v) is 10.00. The quantitative estimate of drug-likeness (QED) is 0.639. The topological polar surface area (TPSA) is 114 Å². The highest BCUT2D eigenvalue weighted by Gasteiger charge is 2.35. The van der Waals surface area contributed by atoms with Gasteiger partial charge in [0, 0.05) is 5.39 Å². The highest BCUT2D eigenvalue weighted by molar-refractivity contribution is 6.02. The lowest BCUT2D eigenvalue weighted by atomic mass is 10.00. The molecule has 4 rings (SSSR count). The van der Waals surface area contributed by atoms with E-state index in [0.717, 1.165) is 17.5 Å². The molecule has 0 aliphatic heterocycles. The molecule has 1 N–H and O–H groups in total. The minimum absolute atomic E-state index is 0.0669. The molecule has 0 unspecified atom stereocenters. The van der Waals surface area contributed by atoms with E-state index in [2.05, 4.69) is 16.5 Å². The van der Waals surface area contributed by atoms with Crippen LogP contribution in [0.4, 0.5) is 0 Å². The van der Waals surface area contributed by atoms with E-state index >= 15 is 0 Å². The summed E-state index contributed by atoms with van der Waals surface area (Å²) in [6, 6.07) is 17.5. The predicted octanol–water partition coefficient (Wildman–Crippen LogP) is 2.50. The normalized spacial score (nSPS) is 14.7. The molecule has 3 aromatic rings. The number of nitrogens with zero attached hydrogens (tertiary/aromatic N) is 3. The Morgan fingerprint density at radius 3 is 2.39 bits per heavy atom. The van der Waals surface area contributed by atoms with Crippen LogP contribution in [0.5, 0.6) is 0 Å². The van der Waals surface area contributed by atoms with Gasteiger partial charge in [-0.2, -0.15) is 15.0 Å². The number of nitriles is 1. The second-order valence-corrected chi connectivity index (χ2v) is 7.47. The zero-order valence-electron chi connectivity index (χ0n) is 16.7. The SMILES string of the molecule is N#CC1(NC(=O)COC(=O)c2nn(-c3ccccc3)c(=O)c3ccccc23)CCCC1. The summed E-state index contributed by atoms with van der Waals surface area (Å²) in [7, 11) is 0. The van der Waals surface area contributed by atoms with E-state index in [4.69, 9.17) is 4.74 Å². The van der Waals surface area contributed by atoms with E-state index in [9.17, 15) is 19.6 Å². The van der Waals surface area contributed by atoms with E-state index in [1.165, 1.54) is 0 Å². The van der Waals surface area contributed by atoms with Crippen LogP contribution in [0.1, 0.15) is 36.2 Å². The Kier molecular flexibility index (Phi) is 5.50. The van der Waals surface area contributed by atoms with Crippen LogP contribution >= 0.6 is 0 Å². The van der Waals surface area contributed by atoms with Crippen LogP contribution in [0.2, 0.25) is 0 Å². The second-order valence-electron chi connectivity index (χ2n) is 7.47. The van der Waals surface area contributed by atoms with Crippen molar-refractivity contribution in [3.63, 3.8) is 0 Å². The lowest BCUT2D eigenvalue weighted by Gasteiger charge is -2.21. The van der Waals surface area contributed by atoms with Gasteiger partial charge in [0.1, 0.15) is 5.54 Å². The van der Waals surface area contributed by atoms with Gasteiger partial charge in [-0.1, -0.05) is 36.4 Å². The van der Waals surface area contributed by atoms with Gasteiger partial charge >= 0.3 is 5.97 Å². The standard InChI is InChI=1S/C23H20N4O4/c24-15-23(12-6-7-13-23)25-19(28)14-31-22(30)20-17-10-4-5-11-18(17)21(29)27(26-20)16-8-2-1-3-9-16/h1-5,8-11H,6-7,12-14H2,(H,25,28). The molecule has 8 nitrogen and oxygen atoms in total. The van der Waals surface area contributed by atoms with Crippen LogP contribution in [0, 0.1) is 11.3 Å². The lowest BCUT2D eigenvalue weighted by molar-refractivity contribution is -0.125. The molecule has 2 aromatic carbocycles. The minimum Gasteiger partial charge on any atom is -0.451 e. The molecule has 1 fully saturated rings. The Bertz CT molecular complexity index is 1240. The van der Waals surface area contributed by atoms with Gasteiger partial charge in [0.15, 0.2) is 12.3 Å². The Hall–Kier alpha value is -3.99. The molecular weight excluding hydrogens is 396 g/mol. The van der Waals surface area contributed by atoms with E-state index in [1.54, 1.807) is 48.5 Å². The number of nitrogens with one attached hydrogen (secondary N) is 1. The Labute approximate surface area is 178 Å². The van der Waals surface area contributed by atoms with Crippen molar-refractivity contribution >= 4 is 22.6 Å². The van der Waals surface area contributed by atoms with Gasteiger partial charge < -0.3 is 10.1 Å². The summed E-state index contributed by atoms with van der Waals surface area (Å²) < 4.78 is 6.33. The molecular formula is C23H20N4O4. The number of carbonyl (C=O) groups is 2. The van der Waals surface area contributed by atoms with E-state index in [1.807, 2.05) is 6.07 Å². The molecule has 1 aliphatic rings. The first kappa shape index (κ1) is 20.3. The number of rotatable bonds is 5. The zero-order valence-corrected chi connectivity index (χ0v) is 16.7. The summed E-state index contributed by atoms with van der Waals surface area (Å²) in [5, 5.41) is 17.0. The van der Waals surface area contributed by atoms with Crippen LogP contribution in [0.25, 0.3) is 16.5 Å². The average Bonchev–Trinajstić information content (AvgIpc) is 3.27. The number of fused-ring (bicyclic) bond motifs is 1. The van der Waals surface area contributed by atoms with Crippen molar-refractivity contribution in [1.29, 1.82) is 5.26 Å². The van der Waals surface area contributed by atoms with Crippen molar-refractivity contribution < 1.29 is 14.3 Å². The van der Waals surface area contributed by atoms with E-state index in [-0.39, 0.29) is 11.3 Å². The van der Waals surface area contributed by atoms with Gasteiger partial charge in [-0.15, -0.1) is 0 Å². The van der Waals surface area contributed by atoms with Gasteiger partial charge in [-0.05, 0) is 43.9 Å². The fourth-order valence-corrected chi connectivity index (χ4v) is 3.83. The van der Waals surface area contributed by atoms with Crippen molar-refractivity contribution in [2.45, 2.75) is 31.2 Å². The molecule has 1 aliphatic carbocycles. The van der Waals surface area contributed by atoms with Crippen molar-refractivity contribution in [2.75, 3.05) is 6.61 Å². The monoisotopic (exact) mass is 416 g/mol. The van der Waals surface area contributed by atoms with Gasteiger partial charge in [-0.3, -0.25) is 9.59 Å². The number of carbonyl (C=O) groups excluding carboxylic acids is 2. The van der Waals surface area contributed by atoms with Crippen LogP contribution in [0.15, 0.2) is 59.4 Å². The average molecular weight is 416 g/mol. The Morgan fingerprint density at radius 2 is 1.71 bits per heavy atom. The fourth-order valence-electron chi connectivity index (χ4n) is 3.83. The highest BCUT2D eigenvalue weighted by Crippen LogP contribution is 2.28. The maximum atomic E-state index is 12.9. The van der Waals surface area contributed by atoms with Crippen molar-refractivity contribution in [2.24, 2.45) is 0 Å². The van der Waals surface area contributed by atoms with Crippen molar-refractivity contribution in [1.82, 2.24) is 15.1 Å². The van der Waals surface area contributed by atoms with Crippen molar-refractivity contribution in [3.05, 3.63) is 70.6 Å². The molecule has 8 heteroatoms. The predicted molar refractivity (Wildman–Crippen MR) is 113 cm³/mol. The number of ether oxygens (including phenoxy) is 1. The van der Waals surface area contributed by atoms with Gasteiger partial charge in [-0.25, -0.2) is 4.79 Å². The Morgan fingerprint density at radius 1 is 1.06 bits per heavy atom. The smallest absolute Gasteiger partial charge is 0.359 e. The lowest BCUT2D eigenvalue weighted by Crippen LogP contribution is -2.46. The fraction of sp³-hybridized carbons (Fsp3) is 0.261. The summed E-state index contributed by atoms with van der Waals surface area (Å²) in [6.07, 6.45) is 2.89. The number of aromatic nitrogens is 2. The largest absolute Gasteiger partial charge is 0.451 e. The molecule has 0 radical (unpaired) electrons. The summed E-state index contributed by atoms with van der Waals surface area (Å²) >= 11 is 0. The third kappa shape index (κ3) is 4.03. The summed E-state index contributed by atoms with van der Waals surface area (Å²) in [5.41, 5.74) is -0.826. The molecule has 0 bridgehead atoms. The summed E-state index contributed by atoms with van der Waals surface area (Å²) in [4.78, 5) is 38.0.